The number of thioether (sulfide) groups is 3. The van der Waals surface area contributed by atoms with Crippen LogP contribution in [-0.2, 0) is 4.74 Å². The molecule has 0 heterocycles. The van der Waals surface area contributed by atoms with Gasteiger partial charge in [-0.15, -0.1) is 0 Å². The van der Waals surface area contributed by atoms with Gasteiger partial charge in [0.25, 0.3) is 0 Å². The molecule has 0 spiro atoms. The van der Waals surface area contributed by atoms with E-state index >= 15 is 0 Å². The average molecular weight is 515 g/mol. The molecule has 3 aliphatic carbocycles. The molecule has 0 unspecified atom stereocenters. The Bertz CT molecular complexity index is 441. The van der Waals surface area contributed by atoms with E-state index in [4.69, 9.17) is 4.74 Å². The topological polar surface area (TPSA) is 9.23 Å². The van der Waals surface area contributed by atoms with Crippen LogP contribution in [0.4, 0.5) is 0 Å². The molecule has 0 N–H and O–H groups in total. The van der Waals surface area contributed by atoms with Crippen LogP contribution in [0.3, 0.4) is 0 Å². The minimum atomic E-state index is 0.107. The third-order valence-electron chi connectivity index (χ3n) is 8.16. The Labute approximate surface area is 219 Å². The summed E-state index contributed by atoms with van der Waals surface area (Å²) in [5, 5.41) is 2.85. The first-order chi connectivity index (χ1) is 16.2. The van der Waals surface area contributed by atoms with Crippen molar-refractivity contribution >= 4 is 35.3 Å². The van der Waals surface area contributed by atoms with Crippen molar-refractivity contribution in [2.24, 2.45) is 0 Å². The Kier molecular flexibility index (Phi) is 15.1. The Morgan fingerprint density at radius 2 is 0.909 bits per heavy atom. The molecule has 0 radical (unpaired) electrons. The summed E-state index contributed by atoms with van der Waals surface area (Å²) in [6, 6.07) is 0. The predicted molar refractivity (Wildman–Crippen MR) is 155 cm³/mol. The molecule has 0 aliphatic heterocycles. The van der Waals surface area contributed by atoms with Gasteiger partial charge in [0.15, 0.2) is 0 Å². The quantitative estimate of drug-likeness (QED) is 0.189. The van der Waals surface area contributed by atoms with Crippen LogP contribution < -0.4 is 0 Å². The Morgan fingerprint density at radius 3 is 1.30 bits per heavy atom. The molecule has 3 fully saturated rings. The minimum absolute atomic E-state index is 0.107. The smallest absolute Gasteiger partial charge is 0.0655 e. The molecule has 3 aliphatic rings. The van der Waals surface area contributed by atoms with Gasteiger partial charge in [0.05, 0.1) is 5.60 Å². The van der Waals surface area contributed by atoms with Gasteiger partial charge < -0.3 is 4.74 Å². The highest BCUT2D eigenvalue weighted by Crippen LogP contribution is 2.33. The molecule has 0 aromatic heterocycles. The largest absolute Gasteiger partial charge is 0.375 e. The molecule has 0 bridgehead atoms. The van der Waals surface area contributed by atoms with Crippen molar-refractivity contribution in [3.63, 3.8) is 0 Å². The molecule has 0 atom stereocenters. The van der Waals surface area contributed by atoms with E-state index in [1.54, 1.807) is 0 Å². The van der Waals surface area contributed by atoms with Crippen molar-refractivity contribution in [3.05, 3.63) is 0 Å². The lowest BCUT2D eigenvalue weighted by Crippen LogP contribution is -2.30. The second-order valence-corrected chi connectivity index (χ2v) is 15.5. The summed E-state index contributed by atoms with van der Waals surface area (Å²) in [6.07, 6.45) is 28.4. The maximum Gasteiger partial charge on any atom is 0.0655 e. The van der Waals surface area contributed by atoms with Crippen molar-refractivity contribution in [3.8, 4) is 0 Å². The van der Waals surface area contributed by atoms with E-state index in [1.807, 2.05) is 0 Å². The third kappa shape index (κ3) is 12.7. The summed E-state index contributed by atoms with van der Waals surface area (Å²) in [6.45, 7) is 3.42. The summed E-state index contributed by atoms with van der Waals surface area (Å²) >= 11 is 6.78. The molecule has 0 aromatic carbocycles. The van der Waals surface area contributed by atoms with Crippen molar-refractivity contribution in [2.75, 3.05) is 23.9 Å². The third-order valence-corrected chi connectivity index (χ3v) is 12.6. The number of ether oxygens (including phenoxy) is 1. The van der Waals surface area contributed by atoms with Crippen LogP contribution >= 0.6 is 35.3 Å². The summed E-state index contributed by atoms with van der Waals surface area (Å²) in [4.78, 5) is 0. The standard InChI is InChI=1S/C29H54OS3/c1-29(20-11-23-31-26-14-5-2-6-15-26,21-12-24-32-27-16-7-3-8-17-27)30-22-13-25-33-28-18-9-4-10-19-28/h26-28H,2-25H2,1H3. The van der Waals surface area contributed by atoms with Crippen molar-refractivity contribution in [1.82, 2.24) is 0 Å². The SMILES string of the molecule is CC(CCCSC1CCCCC1)(CCCSC1CCCCC1)OCCCSC1CCCCC1. The zero-order valence-corrected chi connectivity index (χ0v) is 24.3. The lowest BCUT2D eigenvalue weighted by Gasteiger charge is -2.31. The molecule has 194 valence electrons. The second-order valence-electron chi connectivity index (χ2n) is 11.3. The molecule has 0 saturated heterocycles. The van der Waals surface area contributed by atoms with Crippen LogP contribution in [0.15, 0.2) is 0 Å². The van der Waals surface area contributed by atoms with Gasteiger partial charge in [-0.3, -0.25) is 0 Å². The summed E-state index contributed by atoms with van der Waals surface area (Å²) < 4.78 is 6.67. The molecular formula is C29H54OS3. The first-order valence-corrected chi connectivity index (χ1v) is 17.9. The van der Waals surface area contributed by atoms with E-state index in [9.17, 15) is 0 Å². The van der Waals surface area contributed by atoms with Gasteiger partial charge >= 0.3 is 0 Å². The highest BCUT2D eigenvalue weighted by Gasteiger charge is 2.25. The maximum absolute atomic E-state index is 6.67. The van der Waals surface area contributed by atoms with Gasteiger partial charge in [-0.2, -0.15) is 35.3 Å². The monoisotopic (exact) mass is 514 g/mol. The highest BCUT2D eigenvalue weighted by molar-refractivity contribution is 8.00. The van der Waals surface area contributed by atoms with Crippen molar-refractivity contribution in [1.29, 1.82) is 0 Å². The predicted octanol–water partition coefficient (Wildman–Crippen LogP) is 9.91. The zero-order valence-electron chi connectivity index (χ0n) is 21.8. The molecule has 4 heteroatoms. The number of hydrogen-bond donors (Lipinski definition) is 0. The van der Waals surface area contributed by atoms with Crippen molar-refractivity contribution < 1.29 is 4.74 Å². The first kappa shape index (κ1) is 28.6. The van der Waals surface area contributed by atoms with Crippen LogP contribution in [0.2, 0.25) is 0 Å². The van der Waals surface area contributed by atoms with Gasteiger partial charge in [-0.25, -0.2) is 0 Å². The highest BCUT2D eigenvalue weighted by atomic mass is 32.2. The van der Waals surface area contributed by atoms with Crippen LogP contribution in [0.5, 0.6) is 0 Å². The van der Waals surface area contributed by atoms with Crippen LogP contribution in [0, 0.1) is 0 Å². The fraction of sp³-hybridized carbons (Fsp3) is 1.00. The Hall–Kier alpha value is 1.01. The van der Waals surface area contributed by atoms with Crippen molar-refractivity contribution in [2.45, 2.75) is 157 Å². The van der Waals surface area contributed by atoms with Gasteiger partial charge in [0, 0.05) is 22.4 Å². The second kappa shape index (κ2) is 17.5. The van der Waals surface area contributed by atoms with Crippen LogP contribution in [-0.4, -0.2) is 45.2 Å². The molecule has 0 aromatic rings. The van der Waals surface area contributed by atoms with Gasteiger partial charge in [-0.05, 0) is 94.8 Å². The van der Waals surface area contributed by atoms with E-state index in [-0.39, 0.29) is 5.60 Å². The molecule has 3 rings (SSSR count). The molecule has 33 heavy (non-hydrogen) atoms. The van der Waals surface area contributed by atoms with E-state index in [0.717, 1.165) is 22.4 Å². The van der Waals surface area contributed by atoms with E-state index < -0.39 is 0 Å². The van der Waals surface area contributed by atoms with Gasteiger partial charge in [0.1, 0.15) is 0 Å². The fourth-order valence-electron chi connectivity index (χ4n) is 5.98. The lowest BCUT2D eigenvalue weighted by molar-refractivity contribution is -0.0435. The normalized spacial score (nSPS) is 22.1. The average Bonchev–Trinajstić information content (AvgIpc) is 2.86. The molecule has 0 amide bonds. The lowest BCUT2D eigenvalue weighted by atomic mass is 9.94. The zero-order chi connectivity index (χ0) is 23.0. The molecule has 1 nitrogen and oxygen atoms in total. The number of hydrogen-bond acceptors (Lipinski definition) is 4. The summed E-state index contributed by atoms with van der Waals surface area (Å²) in [7, 11) is 0. The van der Waals surface area contributed by atoms with Crippen LogP contribution in [0.25, 0.3) is 0 Å². The fourth-order valence-corrected chi connectivity index (χ4v) is 9.89. The first-order valence-electron chi connectivity index (χ1n) is 14.7. The molecule has 3 saturated carbocycles. The van der Waals surface area contributed by atoms with Crippen LogP contribution in [0.1, 0.15) is 135 Å². The van der Waals surface area contributed by atoms with Gasteiger partial charge in [-0.1, -0.05) is 57.8 Å². The van der Waals surface area contributed by atoms with E-state index in [0.29, 0.717) is 0 Å². The summed E-state index contributed by atoms with van der Waals surface area (Å²) in [5.74, 6) is 3.99. The van der Waals surface area contributed by atoms with E-state index in [2.05, 4.69) is 42.2 Å². The Balaban J connectivity index is 1.32. The molecular weight excluding hydrogens is 461 g/mol. The van der Waals surface area contributed by atoms with E-state index in [1.165, 1.54) is 146 Å². The summed E-state index contributed by atoms with van der Waals surface area (Å²) in [5.41, 5.74) is 0.107. The van der Waals surface area contributed by atoms with Gasteiger partial charge in [0.2, 0.25) is 0 Å². The Morgan fingerprint density at radius 1 is 0.545 bits per heavy atom. The maximum atomic E-state index is 6.67. The number of rotatable bonds is 16. The minimum Gasteiger partial charge on any atom is -0.375 e.